The minimum absolute atomic E-state index is 0.0349. The van der Waals surface area contributed by atoms with E-state index < -0.39 is 105 Å². The third-order valence-corrected chi connectivity index (χ3v) is 8.96. The Hall–Kier alpha value is -2.44. The van der Waals surface area contributed by atoms with Crippen molar-refractivity contribution < 1.29 is 79.6 Å². The molecule has 0 amide bonds. The molecule has 0 aromatic heterocycles. The maximum atomic E-state index is 13.4. The number of ether oxygens (including phenoxy) is 6. The van der Waals surface area contributed by atoms with Crippen molar-refractivity contribution >= 4 is 23.9 Å². The predicted octanol–water partition coefficient (Wildman–Crippen LogP) is 2.86. The first-order chi connectivity index (χ1) is 26.2. The maximum absolute atomic E-state index is 13.4. The van der Waals surface area contributed by atoms with Crippen LogP contribution >= 0.6 is 0 Å². The quantitative estimate of drug-likeness (QED) is 0.0266. The van der Waals surface area contributed by atoms with Crippen molar-refractivity contribution in [2.45, 2.75) is 205 Å². The van der Waals surface area contributed by atoms with E-state index in [1.807, 2.05) is 27.7 Å². The van der Waals surface area contributed by atoms with Gasteiger partial charge in [-0.05, 0) is 25.7 Å². The van der Waals surface area contributed by atoms with E-state index in [4.69, 9.17) is 29.8 Å². The largest absolute Gasteiger partial charge is 0.463 e. The van der Waals surface area contributed by atoms with E-state index in [9.17, 15) is 49.8 Å². The van der Waals surface area contributed by atoms with E-state index in [1.165, 1.54) is 0 Å². The molecule has 16 nitrogen and oxygen atoms in total. The normalized spacial score (nSPS) is 23.6. The summed E-state index contributed by atoms with van der Waals surface area (Å²) >= 11 is 0. The molecule has 1 aliphatic rings. The van der Waals surface area contributed by atoms with E-state index in [0.29, 0.717) is 38.5 Å². The van der Waals surface area contributed by atoms with Gasteiger partial charge in [-0.1, -0.05) is 91.9 Å². The Bertz CT molecular complexity index is 1080. The summed E-state index contributed by atoms with van der Waals surface area (Å²) < 4.78 is 43.0. The number of carbonyl (C=O) groups excluding carboxylic acids is 4. The molecule has 3 unspecified atom stereocenters. The molecule has 0 radical (unpaired) electrons. The molecule has 1 aliphatic heterocycles. The molecule has 16 heteroatoms. The summed E-state index contributed by atoms with van der Waals surface area (Å²) in [4.78, 5) is 52.6. The first-order valence-corrected chi connectivity index (χ1v) is 19.7. The zero-order valence-electron chi connectivity index (χ0n) is 33.6. The van der Waals surface area contributed by atoms with Crippen molar-refractivity contribution in [2.24, 2.45) is 0 Å². The Kier molecular flexibility index (Phi) is 25.5. The summed E-state index contributed by atoms with van der Waals surface area (Å²) in [7, 11) is 0. The fourth-order valence-electron chi connectivity index (χ4n) is 5.65. The van der Waals surface area contributed by atoms with Gasteiger partial charge in [-0.25, -0.2) is 0 Å². The van der Waals surface area contributed by atoms with E-state index in [1.54, 1.807) is 0 Å². The second-order valence-electron chi connectivity index (χ2n) is 13.7. The van der Waals surface area contributed by atoms with Crippen molar-refractivity contribution in [1.29, 1.82) is 0 Å². The van der Waals surface area contributed by atoms with Gasteiger partial charge in [0.15, 0.2) is 24.6 Å². The van der Waals surface area contributed by atoms with E-state index in [0.717, 1.165) is 44.9 Å². The molecule has 0 saturated carbocycles. The molecule has 0 spiro atoms. The molecule has 0 aliphatic carbocycles. The summed E-state index contributed by atoms with van der Waals surface area (Å²) in [5.41, 5.74) is 0. The van der Waals surface area contributed by atoms with Crippen LogP contribution in [0, 0.1) is 0 Å². The SMILES string of the molecule is [2H]C(CCCCCC)C(=O)O[C@@H]1C(OC(O)[C@H](O)[C@@H](O)[C@H](O)[C@H](O)CO)O[C@H](COC(=O)CCCCC)[C@@H](OC(=O)CCCCC)[C@@H]1OC(=O)CCCCC. The number of aliphatic hydroxyl groups excluding tert-OH is 6. The standard InChI is InChI=1S/C38H68O16/c1-5-9-13-14-18-22-30(44)53-36-35(52-29(43)21-17-12-8-4)34(51-28(42)20-16-11-7-3)26(24-49-27(41)19-15-10-6-2)50-38(36)54-37(48)33(47)32(46)31(45)25(40)23-39/h25-26,31-40,45-48H,5-24H2,1-4H3/t25-,26-,31-,32+,33-,34-,35+,36+,37?,38?/m1/s1/i22D/t22?,25-,26-,31-,32+,33-,34-,35+,36+,37?,38?. The Morgan fingerprint density at radius 2 is 1.07 bits per heavy atom. The smallest absolute Gasteiger partial charge is 0.306 e. The van der Waals surface area contributed by atoms with Gasteiger partial charge in [0.25, 0.3) is 0 Å². The van der Waals surface area contributed by atoms with Crippen LogP contribution in [0.2, 0.25) is 0 Å². The minimum atomic E-state index is -2.45. The van der Waals surface area contributed by atoms with Gasteiger partial charge in [-0.2, -0.15) is 0 Å². The monoisotopic (exact) mass is 781 g/mol. The molecule has 54 heavy (non-hydrogen) atoms. The minimum Gasteiger partial charge on any atom is -0.463 e. The molecular weight excluding hydrogens is 712 g/mol. The van der Waals surface area contributed by atoms with Crippen molar-refractivity contribution in [2.75, 3.05) is 13.2 Å². The topological polar surface area (TPSA) is 245 Å². The van der Waals surface area contributed by atoms with Crippen LogP contribution < -0.4 is 0 Å². The lowest BCUT2D eigenvalue weighted by Gasteiger charge is -2.45. The molecule has 1 saturated heterocycles. The van der Waals surface area contributed by atoms with Crippen LogP contribution in [0.15, 0.2) is 0 Å². The van der Waals surface area contributed by atoms with Gasteiger partial charge in [-0.15, -0.1) is 0 Å². The highest BCUT2D eigenvalue weighted by Gasteiger charge is 2.54. The molecule has 11 atom stereocenters. The number of esters is 4. The van der Waals surface area contributed by atoms with Gasteiger partial charge >= 0.3 is 23.9 Å². The van der Waals surface area contributed by atoms with Crippen molar-refractivity contribution in [3.63, 3.8) is 0 Å². The van der Waals surface area contributed by atoms with Crippen molar-refractivity contribution in [3.05, 3.63) is 0 Å². The second kappa shape index (κ2) is 28.9. The molecule has 6 N–H and O–H groups in total. The van der Waals surface area contributed by atoms with Crippen LogP contribution in [0.1, 0.15) is 145 Å². The fraction of sp³-hybridized carbons (Fsp3) is 0.895. The summed E-state index contributed by atoms with van der Waals surface area (Å²) in [6, 6.07) is 0. The molecule has 0 bridgehead atoms. The van der Waals surface area contributed by atoms with E-state index >= 15 is 0 Å². The number of hydrogen-bond acceptors (Lipinski definition) is 16. The van der Waals surface area contributed by atoms with E-state index in [2.05, 4.69) is 0 Å². The average Bonchev–Trinajstić information content (AvgIpc) is 3.16. The molecule has 0 aromatic carbocycles. The van der Waals surface area contributed by atoms with Crippen LogP contribution in [0.5, 0.6) is 0 Å². The summed E-state index contributed by atoms with van der Waals surface area (Å²) in [6.45, 7) is 6.27. The highest BCUT2D eigenvalue weighted by molar-refractivity contribution is 5.72. The Labute approximate surface area is 321 Å². The van der Waals surface area contributed by atoms with Gasteiger partial charge in [0.2, 0.25) is 6.29 Å². The van der Waals surface area contributed by atoms with Crippen LogP contribution in [-0.4, -0.2) is 129 Å². The zero-order chi connectivity index (χ0) is 41.3. The number of hydrogen-bond donors (Lipinski definition) is 6. The first-order valence-electron chi connectivity index (χ1n) is 20.3. The Morgan fingerprint density at radius 3 is 1.61 bits per heavy atom. The first kappa shape index (κ1) is 47.7. The second-order valence-corrected chi connectivity index (χ2v) is 13.7. The van der Waals surface area contributed by atoms with Crippen LogP contribution in [-0.2, 0) is 47.6 Å². The lowest BCUT2D eigenvalue weighted by atomic mass is 9.97. The van der Waals surface area contributed by atoms with E-state index in [-0.39, 0.29) is 25.7 Å². The highest BCUT2D eigenvalue weighted by Crippen LogP contribution is 2.32. The average molecular weight is 782 g/mol. The third kappa shape index (κ3) is 18.9. The molecule has 1 rings (SSSR count). The zero-order valence-corrected chi connectivity index (χ0v) is 32.6. The van der Waals surface area contributed by atoms with Gasteiger partial charge in [0.05, 0.1) is 6.61 Å². The summed E-state index contributed by atoms with van der Waals surface area (Å²) in [5, 5.41) is 61.2. The molecule has 1 heterocycles. The molecule has 0 aromatic rings. The highest BCUT2D eigenvalue weighted by atomic mass is 16.8. The third-order valence-electron chi connectivity index (χ3n) is 8.96. The summed E-state index contributed by atoms with van der Waals surface area (Å²) in [6.07, 6.45) is -12.0. The van der Waals surface area contributed by atoms with Crippen molar-refractivity contribution in [1.82, 2.24) is 0 Å². The predicted molar refractivity (Wildman–Crippen MR) is 193 cm³/mol. The van der Waals surface area contributed by atoms with Crippen molar-refractivity contribution in [3.8, 4) is 0 Å². The van der Waals surface area contributed by atoms with Gasteiger partial charge in [0, 0.05) is 27.0 Å². The van der Waals surface area contributed by atoms with Gasteiger partial charge < -0.3 is 59.1 Å². The Morgan fingerprint density at radius 1 is 0.593 bits per heavy atom. The molecule has 316 valence electrons. The molecule has 1 fully saturated rings. The summed E-state index contributed by atoms with van der Waals surface area (Å²) in [5.74, 6) is -3.20. The van der Waals surface area contributed by atoms with Crippen LogP contribution in [0.4, 0.5) is 0 Å². The lowest BCUT2D eigenvalue weighted by molar-refractivity contribution is -0.349. The van der Waals surface area contributed by atoms with Crippen LogP contribution in [0.3, 0.4) is 0 Å². The number of aliphatic hydroxyl groups is 6. The van der Waals surface area contributed by atoms with Crippen LogP contribution in [0.25, 0.3) is 0 Å². The number of unbranched alkanes of at least 4 members (excludes halogenated alkanes) is 9. The number of carbonyl (C=O) groups is 4. The lowest BCUT2D eigenvalue weighted by Crippen LogP contribution is -2.64. The maximum Gasteiger partial charge on any atom is 0.306 e. The number of rotatable bonds is 30. The molecular formula is C38H68O16. The van der Waals surface area contributed by atoms with Gasteiger partial charge in [0.1, 0.15) is 37.1 Å². The Balaban J connectivity index is 3.70. The fourth-order valence-corrected chi connectivity index (χ4v) is 5.65. The van der Waals surface area contributed by atoms with Gasteiger partial charge in [-0.3, -0.25) is 19.2 Å².